The van der Waals surface area contributed by atoms with Gasteiger partial charge in [-0.05, 0) is 67.6 Å². The van der Waals surface area contributed by atoms with Crippen LogP contribution < -0.4 is 0 Å². The number of hydrogen-bond acceptors (Lipinski definition) is 5. The predicted molar refractivity (Wildman–Crippen MR) is 95.1 cm³/mol. The molecule has 0 aromatic heterocycles. The molecule has 148 valence electrons. The van der Waals surface area contributed by atoms with Crippen molar-refractivity contribution in [3.05, 3.63) is 0 Å². The summed E-state index contributed by atoms with van der Waals surface area (Å²) in [6.07, 6.45) is 4.63. The molecule has 1 saturated heterocycles. The van der Waals surface area contributed by atoms with Gasteiger partial charge in [0.1, 0.15) is 0 Å². The molecule has 1 spiro atoms. The highest BCUT2D eigenvalue weighted by molar-refractivity contribution is 5.16. The van der Waals surface area contributed by atoms with Gasteiger partial charge in [-0.3, -0.25) is 0 Å². The molecule has 1 aliphatic heterocycles. The fourth-order valence-corrected chi connectivity index (χ4v) is 8.13. The van der Waals surface area contributed by atoms with Crippen molar-refractivity contribution in [2.75, 3.05) is 13.2 Å². The molecule has 5 nitrogen and oxygen atoms in total. The van der Waals surface area contributed by atoms with Crippen molar-refractivity contribution in [3.63, 3.8) is 0 Å². The maximum absolute atomic E-state index is 11.2. The van der Waals surface area contributed by atoms with Crippen LogP contribution in [0.15, 0.2) is 0 Å². The van der Waals surface area contributed by atoms with Crippen LogP contribution in [0.1, 0.15) is 58.8 Å². The molecule has 4 aliphatic carbocycles. The van der Waals surface area contributed by atoms with Crippen LogP contribution in [-0.4, -0.2) is 52.6 Å². The highest BCUT2D eigenvalue weighted by Gasteiger charge is 2.70. The lowest BCUT2D eigenvalue weighted by molar-refractivity contribution is -0.269. The number of ether oxygens (including phenoxy) is 2. The smallest absolute Gasteiger partial charge is 0.174 e. The molecule has 4 unspecified atom stereocenters. The molecule has 1 heterocycles. The average Bonchev–Trinajstić information content (AvgIpc) is 3.21. The summed E-state index contributed by atoms with van der Waals surface area (Å²) in [5.41, 5.74) is -0.0697. The summed E-state index contributed by atoms with van der Waals surface area (Å²) >= 11 is 0. The quantitative estimate of drug-likeness (QED) is 0.612. The Hall–Kier alpha value is -0.200. The number of aliphatic hydroxyl groups excluding tert-OH is 3. The first kappa shape index (κ1) is 17.9. The van der Waals surface area contributed by atoms with Crippen molar-refractivity contribution in [2.24, 2.45) is 34.5 Å². The normalized spacial score (nSPS) is 58.3. The zero-order valence-electron chi connectivity index (χ0n) is 16.1. The molecule has 0 amide bonds. The molecule has 5 aliphatic rings. The van der Waals surface area contributed by atoms with Crippen molar-refractivity contribution < 1.29 is 24.8 Å². The summed E-state index contributed by atoms with van der Waals surface area (Å²) in [4.78, 5) is 0. The summed E-state index contributed by atoms with van der Waals surface area (Å²) < 4.78 is 12.3. The highest BCUT2D eigenvalue weighted by Crippen LogP contribution is 2.69. The topological polar surface area (TPSA) is 79.2 Å². The van der Waals surface area contributed by atoms with E-state index in [1.807, 2.05) is 0 Å². The minimum atomic E-state index is -0.736. The van der Waals surface area contributed by atoms with Gasteiger partial charge in [-0.2, -0.15) is 0 Å². The van der Waals surface area contributed by atoms with Crippen LogP contribution in [0.3, 0.4) is 0 Å². The van der Waals surface area contributed by atoms with Gasteiger partial charge in [0.15, 0.2) is 5.79 Å². The van der Waals surface area contributed by atoms with Gasteiger partial charge in [-0.1, -0.05) is 13.8 Å². The molecule has 3 N–H and O–H groups in total. The third-order valence-corrected chi connectivity index (χ3v) is 9.52. The number of hydrogen-bond donors (Lipinski definition) is 3. The Labute approximate surface area is 156 Å². The zero-order valence-corrected chi connectivity index (χ0v) is 16.1. The van der Waals surface area contributed by atoms with E-state index < -0.39 is 18.0 Å². The maximum atomic E-state index is 11.2. The van der Waals surface area contributed by atoms with Crippen molar-refractivity contribution in [1.29, 1.82) is 0 Å². The molecule has 0 aromatic carbocycles. The van der Waals surface area contributed by atoms with Crippen molar-refractivity contribution in [1.82, 2.24) is 0 Å². The molecule has 0 bridgehead atoms. The molecule has 5 fully saturated rings. The standard InChI is InChI=1S/C21H34O5/c1-19-6-3-12(22)11-15(19)17(23)18(24)16-13(19)4-7-20(2)14(16)5-8-21(20)25-9-10-26-21/h12-18,22-24H,3-11H2,1-2H3/t12-,13?,14?,15?,16?,17+,18+,19+,20-/m0/s1. The minimum Gasteiger partial charge on any atom is -0.393 e. The van der Waals surface area contributed by atoms with Crippen molar-refractivity contribution >= 4 is 0 Å². The van der Waals surface area contributed by atoms with Crippen LogP contribution in [0, 0.1) is 34.5 Å². The summed E-state index contributed by atoms with van der Waals surface area (Å²) in [5.74, 6) is 0.364. The van der Waals surface area contributed by atoms with E-state index in [0.717, 1.165) is 38.5 Å². The summed E-state index contributed by atoms with van der Waals surface area (Å²) in [5, 5.41) is 32.4. The lowest BCUT2D eigenvalue weighted by atomic mass is 9.43. The number of aliphatic hydroxyl groups is 3. The fourth-order valence-electron chi connectivity index (χ4n) is 8.13. The number of fused-ring (bicyclic) bond motifs is 6. The van der Waals surface area contributed by atoms with Crippen LogP contribution in [0.5, 0.6) is 0 Å². The lowest BCUT2D eigenvalue weighted by Gasteiger charge is -2.63. The summed E-state index contributed by atoms with van der Waals surface area (Å²) in [6, 6.07) is 0. The molecule has 0 radical (unpaired) electrons. The molecule has 4 saturated carbocycles. The number of rotatable bonds is 0. The first-order valence-corrected chi connectivity index (χ1v) is 10.6. The Bertz CT molecular complexity index is 575. The average molecular weight is 366 g/mol. The molecular formula is C21H34O5. The first-order valence-electron chi connectivity index (χ1n) is 10.6. The molecule has 0 aromatic rings. The van der Waals surface area contributed by atoms with E-state index in [1.165, 1.54) is 0 Å². The van der Waals surface area contributed by atoms with Gasteiger partial charge >= 0.3 is 0 Å². The van der Waals surface area contributed by atoms with Gasteiger partial charge in [-0.25, -0.2) is 0 Å². The van der Waals surface area contributed by atoms with E-state index in [9.17, 15) is 15.3 Å². The van der Waals surface area contributed by atoms with Crippen LogP contribution in [0.25, 0.3) is 0 Å². The van der Waals surface area contributed by atoms with Crippen LogP contribution in [0.2, 0.25) is 0 Å². The van der Waals surface area contributed by atoms with Crippen LogP contribution >= 0.6 is 0 Å². The predicted octanol–water partition coefficient (Wildman–Crippen LogP) is 2.07. The van der Waals surface area contributed by atoms with Crippen molar-refractivity contribution in [2.45, 2.75) is 82.9 Å². The Morgan fingerprint density at radius 1 is 0.769 bits per heavy atom. The second-order valence-corrected chi connectivity index (χ2v) is 10.3. The summed E-state index contributed by atoms with van der Waals surface area (Å²) in [6.45, 7) is 5.94. The second kappa shape index (κ2) is 5.66. The molecule has 9 atom stereocenters. The van der Waals surface area contributed by atoms with Crippen LogP contribution in [0.4, 0.5) is 0 Å². The highest BCUT2D eigenvalue weighted by atomic mass is 16.7. The van der Waals surface area contributed by atoms with Gasteiger partial charge in [0.05, 0.1) is 31.5 Å². The Kier molecular flexibility index (Phi) is 3.89. The summed E-state index contributed by atoms with van der Waals surface area (Å²) in [7, 11) is 0. The van der Waals surface area contributed by atoms with Crippen molar-refractivity contribution in [3.8, 4) is 0 Å². The van der Waals surface area contributed by atoms with E-state index in [0.29, 0.717) is 31.5 Å². The minimum absolute atomic E-state index is 0.00111. The monoisotopic (exact) mass is 366 g/mol. The zero-order chi connectivity index (χ0) is 18.3. The lowest BCUT2D eigenvalue weighted by Crippen LogP contribution is -2.65. The van der Waals surface area contributed by atoms with Gasteiger partial charge < -0.3 is 24.8 Å². The van der Waals surface area contributed by atoms with Gasteiger partial charge in [0, 0.05) is 11.8 Å². The largest absolute Gasteiger partial charge is 0.393 e. The molecular weight excluding hydrogens is 332 g/mol. The van der Waals surface area contributed by atoms with Crippen LogP contribution in [-0.2, 0) is 9.47 Å². The van der Waals surface area contributed by atoms with E-state index in [4.69, 9.17) is 9.47 Å². The Morgan fingerprint density at radius 2 is 1.46 bits per heavy atom. The van der Waals surface area contributed by atoms with E-state index in [2.05, 4.69) is 13.8 Å². The maximum Gasteiger partial charge on any atom is 0.174 e. The van der Waals surface area contributed by atoms with Gasteiger partial charge in [-0.15, -0.1) is 0 Å². The third kappa shape index (κ3) is 2.04. The third-order valence-electron chi connectivity index (χ3n) is 9.52. The van der Waals surface area contributed by atoms with Gasteiger partial charge in [0.2, 0.25) is 0 Å². The fraction of sp³-hybridized carbons (Fsp3) is 1.00. The van der Waals surface area contributed by atoms with Gasteiger partial charge in [0.25, 0.3) is 0 Å². The SMILES string of the molecule is C[C@]12CC[C@H](O)CC1[C@@H](O)[C@H](O)C1C2CC[C@@]2(C)C1CCC21OCCO1. The Morgan fingerprint density at radius 3 is 2.19 bits per heavy atom. The second-order valence-electron chi connectivity index (χ2n) is 10.3. The van der Waals surface area contributed by atoms with E-state index in [1.54, 1.807) is 0 Å². The van der Waals surface area contributed by atoms with E-state index in [-0.39, 0.29) is 28.8 Å². The molecule has 5 heteroatoms. The van der Waals surface area contributed by atoms with E-state index >= 15 is 0 Å². The molecule has 26 heavy (non-hydrogen) atoms. The Balaban J connectivity index is 1.52. The first-order chi connectivity index (χ1) is 12.3. The molecule has 5 rings (SSSR count).